The van der Waals surface area contributed by atoms with E-state index < -0.39 is 11.6 Å². The van der Waals surface area contributed by atoms with Crippen molar-refractivity contribution in [3.8, 4) is 0 Å². The fourth-order valence-electron chi connectivity index (χ4n) is 2.07. The number of esters is 1. The van der Waals surface area contributed by atoms with Crippen LogP contribution in [0.3, 0.4) is 0 Å². The maximum Gasteiger partial charge on any atom is 0.355 e. The number of fused-ring (bicyclic) bond motifs is 1. The average Bonchev–Trinajstić information content (AvgIpc) is 2.65. The largest absolute Gasteiger partial charge is 0.455 e. The fraction of sp³-hybridized carbons (Fsp3) is 0.375. The van der Waals surface area contributed by atoms with Crippen LogP contribution in [0.5, 0.6) is 0 Å². The Morgan fingerprint density at radius 1 is 1.20 bits per heavy atom. The summed E-state index contributed by atoms with van der Waals surface area (Å²) < 4.78 is 7.09. The summed E-state index contributed by atoms with van der Waals surface area (Å²) in [5.41, 5.74) is 2.12. The lowest BCUT2D eigenvalue weighted by Gasteiger charge is -2.19. The minimum atomic E-state index is -0.567. The molecule has 0 aliphatic carbocycles. The van der Waals surface area contributed by atoms with Crippen LogP contribution in [0.2, 0.25) is 0 Å². The van der Waals surface area contributed by atoms with Crippen molar-refractivity contribution in [3.05, 3.63) is 41.2 Å². The van der Waals surface area contributed by atoms with Crippen LogP contribution in [0, 0.1) is 6.92 Å². The van der Waals surface area contributed by atoms with Crippen molar-refractivity contribution in [3.63, 3.8) is 0 Å². The van der Waals surface area contributed by atoms with Gasteiger partial charge in [-0.15, -0.1) is 0 Å². The molecule has 4 heteroatoms. The number of hydrogen-bond acceptors (Lipinski definition) is 3. The third-order valence-electron chi connectivity index (χ3n) is 2.91. The highest BCUT2D eigenvalue weighted by Gasteiger charge is 2.23. The van der Waals surface area contributed by atoms with Gasteiger partial charge in [-0.1, -0.05) is 0 Å². The van der Waals surface area contributed by atoms with Gasteiger partial charge in [0.25, 0.3) is 0 Å². The van der Waals surface area contributed by atoms with Gasteiger partial charge < -0.3 is 9.14 Å². The second-order valence-electron chi connectivity index (χ2n) is 5.96. The van der Waals surface area contributed by atoms with E-state index in [4.69, 9.17) is 4.74 Å². The van der Waals surface area contributed by atoms with E-state index in [9.17, 15) is 9.59 Å². The van der Waals surface area contributed by atoms with Crippen molar-refractivity contribution in [2.24, 2.45) is 0 Å². The number of nitrogens with zero attached hydrogens (tertiary/aromatic N) is 1. The summed E-state index contributed by atoms with van der Waals surface area (Å²) >= 11 is 0. The Balaban J connectivity index is 2.60. The molecule has 2 aromatic rings. The Morgan fingerprint density at radius 2 is 1.85 bits per heavy atom. The van der Waals surface area contributed by atoms with Gasteiger partial charge in [-0.25, -0.2) is 4.79 Å². The van der Waals surface area contributed by atoms with Crippen molar-refractivity contribution in [2.45, 2.75) is 40.2 Å². The summed E-state index contributed by atoms with van der Waals surface area (Å²) in [6, 6.07) is 5.39. The molecule has 0 atom stereocenters. The minimum absolute atomic E-state index is 0.0668. The number of Topliss-reactive ketones (excluding diaryl/α,β-unsaturated/α-hetero) is 1. The molecule has 0 aromatic carbocycles. The number of ketones is 1. The Morgan fingerprint density at radius 3 is 2.40 bits per heavy atom. The van der Waals surface area contributed by atoms with Gasteiger partial charge in [-0.3, -0.25) is 4.79 Å². The molecule has 4 nitrogen and oxygen atoms in total. The molecule has 0 amide bonds. The average molecular weight is 273 g/mol. The number of aromatic nitrogens is 1. The number of hydrogen-bond donors (Lipinski definition) is 0. The van der Waals surface area contributed by atoms with Crippen LogP contribution in [0.25, 0.3) is 5.52 Å². The Bertz CT molecular complexity index is 690. The van der Waals surface area contributed by atoms with Gasteiger partial charge in [0.15, 0.2) is 5.78 Å². The Kier molecular flexibility index (Phi) is 3.42. The van der Waals surface area contributed by atoms with Gasteiger partial charge in [-0.05, 0) is 58.4 Å². The standard InChI is InChI=1S/C16H19NO3/c1-10-6-7-17-13(8-10)12(11(2)18)9-14(17)15(19)20-16(3,4)5/h6-9H,1-5H3. The van der Waals surface area contributed by atoms with Gasteiger partial charge in [0.05, 0.1) is 5.52 Å². The number of carbonyl (C=O) groups is 2. The minimum Gasteiger partial charge on any atom is -0.455 e. The maximum atomic E-state index is 12.2. The molecule has 0 unspecified atom stereocenters. The van der Waals surface area contributed by atoms with Crippen LogP contribution < -0.4 is 0 Å². The zero-order valence-corrected chi connectivity index (χ0v) is 12.5. The van der Waals surface area contributed by atoms with Crippen molar-refractivity contribution in [2.75, 3.05) is 0 Å². The summed E-state index contributed by atoms with van der Waals surface area (Å²) in [5, 5.41) is 0. The van der Waals surface area contributed by atoms with Crippen molar-refractivity contribution in [1.82, 2.24) is 4.40 Å². The number of rotatable bonds is 2. The molecular weight excluding hydrogens is 254 g/mol. The van der Waals surface area contributed by atoms with Crippen LogP contribution in [0.4, 0.5) is 0 Å². The fourth-order valence-corrected chi connectivity index (χ4v) is 2.07. The summed E-state index contributed by atoms with van der Waals surface area (Å²) in [7, 11) is 0. The van der Waals surface area contributed by atoms with E-state index in [-0.39, 0.29) is 5.78 Å². The highest BCUT2D eigenvalue weighted by molar-refractivity contribution is 6.04. The second-order valence-corrected chi connectivity index (χ2v) is 5.96. The van der Waals surface area contributed by atoms with E-state index in [0.29, 0.717) is 11.3 Å². The molecule has 0 radical (unpaired) electrons. The predicted molar refractivity (Wildman–Crippen MR) is 77.3 cm³/mol. The highest BCUT2D eigenvalue weighted by atomic mass is 16.6. The number of carbonyl (C=O) groups excluding carboxylic acids is 2. The molecular formula is C16H19NO3. The molecule has 0 saturated carbocycles. The molecule has 0 aliphatic rings. The number of aryl methyl sites for hydroxylation is 1. The molecule has 106 valence electrons. The van der Waals surface area contributed by atoms with Gasteiger partial charge in [-0.2, -0.15) is 0 Å². The zero-order chi connectivity index (χ0) is 15.1. The smallest absolute Gasteiger partial charge is 0.355 e. The van der Waals surface area contributed by atoms with E-state index in [2.05, 4.69) is 0 Å². The summed E-state index contributed by atoms with van der Waals surface area (Å²) in [5.74, 6) is -0.494. The first kappa shape index (κ1) is 14.3. The summed E-state index contributed by atoms with van der Waals surface area (Å²) in [4.78, 5) is 24.0. The number of pyridine rings is 1. The topological polar surface area (TPSA) is 47.8 Å². The van der Waals surface area contributed by atoms with E-state index in [1.54, 1.807) is 16.7 Å². The monoisotopic (exact) mass is 273 g/mol. The predicted octanol–water partition coefficient (Wildman–Crippen LogP) is 3.41. The van der Waals surface area contributed by atoms with Gasteiger partial charge in [0.2, 0.25) is 0 Å². The lowest BCUT2D eigenvalue weighted by molar-refractivity contribution is 0.00618. The highest BCUT2D eigenvalue weighted by Crippen LogP contribution is 2.21. The van der Waals surface area contributed by atoms with Crippen molar-refractivity contribution in [1.29, 1.82) is 0 Å². The molecule has 2 heterocycles. The lowest BCUT2D eigenvalue weighted by Crippen LogP contribution is -2.24. The first-order valence-electron chi connectivity index (χ1n) is 6.55. The molecule has 20 heavy (non-hydrogen) atoms. The van der Waals surface area contributed by atoms with Gasteiger partial charge >= 0.3 is 5.97 Å². The number of ether oxygens (including phenoxy) is 1. The molecule has 0 spiro atoms. The Labute approximate surface area is 118 Å². The first-order valence-corrected chi connectivity index (χ1v) is 6.55. The first-order chi connectivity index (χ1) is 9.19. The van der Waals surface area contributed by atoms with Gasteiger partial charge in [0, 0.05) is 11.8 Å². The van der Waals surface area contributed by atoms with E-state index >= 15 is 0 Å². The normalized spacial score (nSPS) is 11.7. The van der Waals surface area contributed by atoms with Crippen molar-refractivity contribution < 1.29 is 14.3 Å². The van der Waals surface area contributed by atoms with Crippen molar-refractivity contribution >= 4 is 17.3 Å². The van der Waals surface area contributed by atoms with Crippen LogP contribution in [0.15, 0.2) is 24.4 Å². The zero-order valence-electron chi connectivity index (χ0n) is 12.5. The molecule has 2 aromatic heterocycles. The molecule has 0 N–H and O–H groups in total. The third-order valence-corrected chi connectivity index (χ3v) is 2.91. The molecule has 0 saturated heterocycles. The SMILES string of the molecule is CC(=O)c1cc(C(=O)OC(C)(C)C)n2ccc(C)cc12. The second kappa shape index (κ2) is 4.78. The molecule has 0 fully saturated rings. The molecule has 2 rings (SSSR count). The summed E-state index contributed by atoms with van der Waals surface area (Å²) in [6.45, 7) is 8.89. The van der Waals surface area contributed by atoms with Crippen LogP contribution in [-0.2, 0) is 4.74 Å². The molecule has 0 aliphatic heterocycles. The maximum absolute atomic E-state index is 12.2. The van der Waals surface area contributed by atoms with Gasteiger partial charge in [0.1, 0.15) is 11.3 Å². The van der Waals surface area contributed by atoms with E-state index in [0.717, 1.165) is 11.1 Å². The third kappa shape index (κ3) is 2.74. The van der Waals surface area contributed by atoms with Crippen LogP contribution >= 0.6 is 0 Å². The van der Waals surface area contributed by atoms with E-state index in [1.807, 2.05) is 39.8 Å². The van der Waals surface area contributed by atoms with Crippen LogP contribution in [0.1, 0.15) is 54.1 Å². The lowest BCUT2D eigenvalue weighted by atomic mass is 10.1. The molecule has 0 bridgehead atoms. The summed E-state index contributed by atoms with van der Waals surface area (Å²) in [6.07, 6.45) is 1.79. The van der Waals surface area contributed by atoms with E-state index in [1.165, 1.54) is 6.92 Å². The quantitative estimate of drug-likeness (QED) is 0.622. The Hall–Kier alpha value is -2.10. The van der Waals surface area contributed by atoms with Crippen LogP contribution in [-0.4, -0.2) is 21.8 Å².